The number of hydrogen-bond acceptors (Lipinski definition) is 2. The van der Waals surface area contributed by atoms with Crippen LogP contribution in [-0.4, -0.2) is 12.6 Å². The number of hydrogen-bond donors (Lipinski definition) is 1. The van der Waals surface area contributed by atoms with E-state index in [2.05, 4.69) is 48.1 Å². The van der Waals surface area contributed by atoms with E-state index in [1.807, 2.05) is 12.1 Å². The maximum absolute atomic E-state index is 5.78. The minimum Gasteiger partial charge on any atom is -0.493 e. The van der Waals surface area contributed by atoms with Gasteiger partial charge < -0.3 is 10.1 Å². The number of ether oxygens (including phenoxy) is 1. The van der Waals surface area contributed by atoms with E-state index in [4.69, 9.17) is 4.74 Å². The quantitative estimate of drug-likeness (QED) is 0.762. The van der Waals surface area contributed by atoms with Crippen molar-refractivity contribution in [2.45, 2.75) is 52.6 Å². The monoisotopic (exact) mass is 313 g/mol. The molecule has 0 aliphatic carbocycles. The molecule has 1 rings (SSSR count). The Labute approximate surface area is 119 Å². The smallest absolute Gasteiger partial charge is 0.123 e. The van der Waals surface area contributed by atoms with Crippen LogP contribution in [0.3, 0.4) is 0 Å². The van der Waals surface area contributed by atoms with Gasteiger partial charge in [-0.25, -0.2) is 0 Å². The summed E-state index contributed by atoms with van der Waals surface area (Å²) in [6.45, 7) is 8.21. The third kappa shape index (κ3) is 4.99. The predicted octanol–water partition coefficient (Wildman–Crippen LogP) is 4.52. The van der Waals surface area contributed by atoms with Crippen molar-refractivity contribution in [3.8, 4) is 5.75 Å². The van der Waals surface area contributed by atoms with Crippen LogP contribution in [0.4, 0.5) is 0 Å². The first-order chi connectivity index (χ1) is 8.71. The Balaban J connectivity index is 2.68. The van der Waals surface area contributed by atoms with Crippen molar-refractivity contribution < 1.29 is 4.74 Å². The third-order valence-electron chi connectivity index (χ3n) is 3.05. The Morgan fingerprint density at radius 3 is 2.56 bits per heavy atom. The highest BCUT2D eigenvalue weighted by molar-refractivity contribution is 9.10. The van der Waals surface area contributed by atoms with Crippen LogP contribution in [0.2, 0.25) is 0 Å². The Bertz CT molecular complexity index is 350. The van der Waals surface area contributed by atoms with Crippen molar-refractivity contribution in [1.82, 2.24) is 5.32 Å². The zero-order valence-electron chi connectivity index (χ0n) is 11.6. The van der Waals surface area contributed by atoms with Crippen LogP contribution in [-0.2, 0) is 6.54 Å². The van der Waals surface area contributed by atoms with Gasteiger partial charge in [0.2, 0.25) is 0 Å². The lowest BCUT2D eigenvalue weighted by Gasteiger charge is -2.17. The number of benzene rings is 1. The molecule has 1 aromatic carbocycles. The number of nitrogens with one attached hydrogen (secondary N) is 1. The van der Waals surface area contributed by atoms with Gasteiger partial charge in [-0.2, -0.15) is 0 Å². The molecule has 0 radical (unpaired) electrons. The first kappa shape index (κ1) is 15.5. The van der Waals surface area contributed by atoms with Gasteiger partial charge in [0.15, 0.2) is 0 Å². The van der Waals surface area contributed by atoms with Crippen LogP contribution in [0.1, 0.15) is 45.6 Å². The van der Waals surface area contributed by atoms with Crippen LogP contribution in [0.25, 0.3) is 0 Å². The predicted molar refractivity (Wildman–Crippen MR) is 81.1 cm³/mol. The molecule has 2 nitrogen and oxygen atoms in total. The third-order valence-corrected chi connectivity index (χ3v) is 3.54. The molecule has 1 N–H and O–H groups in total. The molecule has 1 aromatic rings. The summed E-state index contributed by atoms with van der Waals surface area (Å²) in [4.78, 5) is 0. The van der Waals surface area contributed by atoms with E-state index in [1.54, 1.807) is 0 Å². The molecule has 0 unspecified atom stereocenters. The number of halogens is 1. The summed E-state index contributed by atoms with van der Waals surface area (Å²) >= 11 is 3.52. The molecule has 0 heterocycles. The van der Waals surface area contributed by atoms with Crippen molar-refractivity contribution in [2.75, 3.05) is 6.61 Å². The van der Waals surface area contributed by atoms with Crippen molar-refractivity contribution in [3.63, 3.8) is 0 Å². The Kier molecular flexibility index (Phi) is 7.36. The molecule has 102 valence electrons. The van der Waals surface area contributed by atoms with Gasteiger partial charge in [-0.1, -0.05) is 36.7 Å². The molecule has 0 aliphatic heterocycles. The summed E-state index contributed by atoms with van der Waals surface area (Å²) in [5.74, 6) is 0.999. The molecule has 3 heteroatoms. The van der Waals surface area contributed by atoms with Gasteiger partial charge in [0.25, 0.3) is 0 Å². The van der Waals surface area contributed by atoms with Gasteiger partial charge in [0.1, 0.15) is 5.75 Å². The molecule has 0 atom stereocenters. The van der Waals surface area contributed by atoms with Gasteiger partial charge in [-0.3, -0.25) is 0 Å². The normalized spacial score (nSPS) is 10.9. The summed E-state index contributed by atoms with van der Waals surface area (Å²) in [5, 5.41) is 3.58. The zero-order valence-corrected chi connectivity index (χ0v) is 13.2. The second-order valence-electron chi connectivity index (χ2n) is 4.49. The van der Waals surface area contributed by atoms with Gasteiger partial charge in [-0.15, -0.1) is 0 Å². The average molecular weight is 314 g/mol. The highest BCUT2D eigenvalue weighted by Gasteiger charge is 2.07. The van der Waals surface area contributed by atoms with Crippen molar-refractivity contribution in [2.24, 2.45) is 0 Å². The van der Waals surface area contributed by atoms with Gasteiger partial charge >= 0.3 is 0 Å². The highest BCUT2D eigenvalue weighted by Crippen LogP contribution is 2.23. The first-order valence-electron chi connectivity index (χ1n) is 6.85. The van der Waals surface area contributed by atoms with E-state index in [1.165, 1.54) is 5.56 Å². The molecular weight excluding hydrogens is 290 g/mol. The van der Waals surface area contributed by atoms with Gasteiger partial charge in [0, 0.05) is 22.6 Å². The Morgan fingerprint density at radius 1 is 1.22 bits per heavy atom. The fraction of sp³-hybridized carbons (Fsp3) is 0.600. The second-order valence-corrected chi connectivity index (χ2v) is 5.41. The van der Waals surface area contributed by atoms with Crippen molar-refractivity contribution in [1.29, 1.82) is 0 Å². The maximum atomic E-state index is 5.78. The maximum Gasteiger partial charge on any atom is 0.123 e. The molecular formula is C15H24BrNO. The minimum absolute atomic E-state index is 0.586. The molecule has 0 aromatic heterocycles. The van der Waals surface area contributed by atoms with E-state index in [0.717, 1.165) is 42.6 Å². The summed E-state index contributed by atoms with van der Waals surface area (Å²) < 4.78 is 6.88. The lowest BCUT2D eigenvalue weighted by molar-refractivity contribution is 0.312. The van der Waals surface area contributed by atoms with Crippen molar-refractivity contribution in [3.05, 3.63) is 28.2 Å². The number of rotatable bonds is 8. The molecule has 0 amide bonds. The first-order valence-corrected chi connectivity index (χ1v) is 7.65. The topological polar surface area (TPSA) is 21.3 Å². The van der Waals surface area contributed by atoms with Crippen LogP contribution >= 0.6 is 15.9 Å². The van der Waals surface area contributed by atoms with Crippen LogP contribution < -0.4 is 10.1 Å². The fourth-order valence-electron chi connectivity index (χ4n) is 1.87. The standard InChI is InChI=1S/C15H24BrNO/c1-4-9-18-15-8-7-13(16)10-12(15)11-17-14(5-2)6-3/h7-8,10,14,17H,4-6,9,11H2,1-3H3. The molecule has 0 aliphatic rings. The van der Waals surface area contributed by atoms with Crippen LogP contribution in [0.5, 0.6) is 5.75 Å². The molecule has 0 fully saturated rings. The summed E-state index contributed by atoms with van der Waals surface area (Å²) in [6.07, 6.45) is 3.36. The van der Waals surface area contributed by atoms with Gasteiger partial charge in [0.05, 0.1) is 6.61 Å². The largest absolute Gasteiger partial charge is 0.493 e. The zero-order chi connectivity index (χ0) is 13.4. The van der Waals surface area contributed by atoms with E-state index in [9.17, 15) is 0 Å². The van der Waals surface area contributed by atoms with E-state index >= 15 is 0 Å². The molecule has 18 heavy (non-hydrogen) atoms. The highest BCUT2D eigenvalue weighted by atomic mass is 79.9. The SMILES string of the molecule is CCCOc1ccc(Br)cc1CNC(CC)CC. The van der Waals surface area contributed by atoms with Crippen LogP contribution in [0.15, 0.2) is 22.7 Å². The summed E-state index contributed by atoms with van der Waals surface area (Å²) in [6, 6.07) is 6.80. The van der Waals surface area contributed by atoms with E-state index in [0.29, 0.717) is 6.04 Å². The van der Waals surface area contributed by atoms with Gasteiger partial charge in [-0.05, 0) is 37.5 Å². The fourth-order valence-corrected chi connectivity index (χ4v) is 2.28. The summed E-state index contributed by atoms with van der Waals surface area (Å²) in [5.41, 5.74) is 1.23. The van der Waals surface area contributed by atoms with Crippen LogP contribution in [0, 0.1) is 0 Å². The molecule has 0 saturated heterocycles. The Morgan fingerprint density at radius 2 is 1.94 bits per heavy atom. The summed E-state index contributed by atoms with van der Waals surface area (Å²) in [7, 11) is 0. The van der Waals surface area contributed by atoms with E-state index in [-0.39, 0.29) is 0 Å². The van der Waals surface area contributed by atoms with E-state index < -0.39 is 0 Å². The van der Waals surface area contributed by atoms with Crippen molar-refractivity contribution >= 4 is 15.9 Å². The lowest BCUT2D eigenvalue weighted by atomic mass is 10.1. The molecule has 0 bridgehead atoms. The lowest BCUT2D eigenvalue weighted by Crippen LogP contribution is -2.27. The molecule has 0 saturated carbocycles. The Hall–Kier alpha value is -0.540. The average Bonchev–Trinajstić information content (AvgIpc) is 2.39. The minimum atomic E-state index is 0.586. The second kappa shape index (κ2) is 8.54. The molecule has 0 spiro atoms.